The third-order valence-corrected chi connectivity index (χ3v) is 4.94. The molecule has 2 aromatic carbocycles. The van der Waals surface area contributed by atoms with Gasteiger partial charge < -0.3 is 19.7 Å². The van der Waals surface area contributed by atoms with Gasteiger partial charge in [-0.05, 0) is 48.9 Å². The van der Waals surface area contributed by atoms with Gasteiger partial charge in [0.15, 0.2) is 0 Å². The van der Waals surface area contributed by atoms with E-state index in [1.807, 2.05) is 38.1 Å². The maximum absolute atomic E-state index is 11.0. The van der Waals surface area contributed by atoms with E-state index in [4.69, 9.17) is 9.47 Å². The predicted octanol–water partition coefficient (Wildman–Crippen LogP) is 6.08. The van der Waals surface area contributed by atoms with Crippen molar-refractivity contribution in [3.05, 3.63) is 46.5 Å². The summed E-state index contributed by atoms with van der Waals surface area (Å²) in [6.07, 6.45) is 0.381. The Bertz CT molecular complexity index is 783. The van der Waals surface area contributed by atoms with Crippen LogP contribution >= 0.6 is 0 Å². The minimum absolute atomic E-state index is 0.238. The van der Waals surface area contributed by atoms with Gasteiger partial charge in [0, 0.05) is 28.7 Å². The van der Waals surface area contributed by atoms with E-state index < -0.39 is 0 Å². The smallest absolute Gasteiger partial charge is 0.123 e. The second kappa shape index (κ2) is 8.56. The van der Waals surface area contributed by atoms with Gasteiger partial charge in [-0.1, -0.05) is 41.5 Å². The number of benzene rings is 2. The van der Waals surface area contributed by atoms with E-state index in [2.05, 4.69) is 41.5 Å². The van der Waals surface area contributed by atoms with E-state index in [0.717, 1.165) is 33.8 Å². The summed E-state index contributed by atoms with van der Waals surface area (Å²) in [6.45, 7) is 17.4. The zero-order valence-corrected chi connectivity index (χ0v) is 19.1. The Kier molecular flexibility index (Phi) is 6.77. The molecule has 0 unspecified atom stereocenters. The minimum atomic E-state index is -0.238. The summed E-state index contributed by atoms with van der Waals surface area (Å²) in [5.74, 6) is 1.95. The molecular weight excluding hydrogens is 364 g/mol. The van der Waals surface area contributed by atoms with Crippen LogP contribution in [0.4, 0.5) is 0 Å². The van der Waals surface area contributed by atoms with Crippen LogP contribution in [0.3, 0.4) is 0 Å². The highest BCUT2D eigenvalue weighted by atomic mass is 16.5. The Morgan fingerprint density at radius 1 is 0.655 bits per heavy atom. The number of hydrogen-bond donors (Lipinski definition) is 2. The van der Waals surface area contributed by atoms with Crippen LogP contribution in [-0.4, -0.2) is 23.4 Å². The summed E-state index contributed by atoms with van der Waals surface area (Å²) >= 11 is 0. The van der Waals surface area contributed by atoms with Gasteiger partial charge in [-0.3, -0.25) is 0 Å². The van der Waals surface area contributed by atoms with Gasteiger partial charge in [0.1, 0.15) is 23.0 Å². The van der Waals surface area contributed by atoms with Crippen LogP contribution in [0.15, 0.2) is 24.3 Å². The second-order valence-corrected chi connectivity index (χ2v) is 9.50. The summed E-state index contributed by atoms with van der Waals surface area (Å²) in [7, 11) is 0. The van der Waals surface area contributed by atoms with Crippen molar-refractivity contribution in [2.75, 3.05) is 13.2 Å². The Hall–Kier alpha value is -2.36. The molecule has 0 fully saturated rings. The number of aromatic hydroxyl groups is 2. The first kappa shape index (κ1) is 22.9. The molecule has 0 spiro atoms. The Morgan fingerprint density at radius 3 is 1.28 bits per heavy atom. The van der Waals surface area contributed by atoms with Gasteiger partial charge in [-0.2, -0.15) is 0 Å². The van der Waals surface area contributed by atoms with Gasteiger partial charge >= 0.3 is 0 Å². The molecule has 0 aliphatic carbocycles. The van der Waals surface area contributed by atoms with Crippen LogP contribution in [0.25, 0.3) is 0 Å². The molecule has 0 saturated carbocycles. The van der Waals surface area contributed by atoms with Gasteiger partial charge in [-0.25, -0.2) is 0 Å². The standard InChI is InChI=1S/C25H36O4/c1-9-28-18-12-16(22(26)20(14-18)24(3,4)5)11-17-13-19(29-10-2)15-21(23(17)27)25(6,7)8/h12-15,26-27H,9-11H2,1-8H3. The summed E-state index contributed by atoms with van der Waals surface area (Å²) in [5, 5.41) is 22.0. The molecular formula is C25H36O4. The fraction of sp³-hybridized carbons (Fsp3) is 0.520. The molecule has 4 nitrogen and oxygen atoms in total. The number of rotatable bonds is 6. The van der Waals surface area contributed by atoms with Gasteiger partial charge in [0.25, 0.3) is 0 Å². The number of phenolic OH excluding ortho intramolecular Hbond substituents is 2. The average Bonchev–Trinajstić information content (AvgIpc) is 2.58. The average molecular weight is 401 g/mol. The first-order valence-corrected chi connectivity index (χ1v) is 10.4. The van der Waals surface area contributed by atoms with Crippen LogP contribution < -0.4 is 9.47 Å². The summed E-state index contributed by atoms with van der Waals surface area (Å²) in [5.41, 5.74) is 2.63. The van der Waals surface area contributed by atoms with Gasteiger partial charge in [0.2, 0.25) is 0 Å². The molecule has 2 aromatic rings. The van der Waals surface area contributed by atoms with Crippen LogP contribution in [0.1, 0.15) is 77.6 Å². The molecule has 4 heteroatoms. The van der Waals surface area contributed by atoms with E-state index in [1.54, 1.807) is 0 Å². The molecule has 2 rings (SSSR count). The minimum Gasteiger partial charge on any atom is -0.507 e. The molecule has 2 N–H and O–H groups in total. The maximum Gasteiger partial charge on any atom is 0.123 e. The van der Waals surface area contributed by atoms with Crippen LogP contribution in [0, 0.1) is 0 Å². The van der Waals surface area contributed by atoms with E-state index in [9.17, 15) is 10.2 Å². The molecule has 0 atom stereocenters. The largest absolute Gasteiger partial charge is 0.507 e. The van der Waals surface area contributed by atoms with E-state index in [0.29, 0.717) is 19.6 Å². The van der Waals surface area contributed by atoms with Crippen LogP contribution in [0.5, 0.6) is 23.0 Å². The maximum atomic E-state index is 11.0. The molecule has 0 amide bonds. The SMILES string of the molecule is CCOc1cc(Cc2cc(OCC)cc(C(C)(C)C)c2O)c(O)c(C(C)(C)C)c1. The quantitative estimate of drug-likeness (QED) is 0.617. The highest BCUT2D eigenvalue weighted by Crippen LogP contribution is 2.41. The third-order valence-electron chi connectivity index (χ3n) is 4.94. The van der Waals surface area contributed by atoms with E-state index in [1.165, 1.54) is 0 Å². The number of ether oxygens (including phenoxy) is 2. The molecule has 0 aliphatic heterocycles. The Labute approximate surface area is 175 Å². The molecule has 0 aliphatic rings. The zero-order chi connectivity index (χ0) is 22.0. The topological polar surface area (TPSA) is 58.9 Å². The molecule has 0 saturated heterocycles. The molecule has 160 valence electrons. The lowest BCUT2D eigenvalue weighted by molar-refractivity contribution is 0.336. The fourth-order valence-corrected chi connectivity index (χ4v) is 3.45. The number of phenols is 2. The summed E-state index contributed by atoms with van der Waals surface area (Å²) in [6, 6.07) is 7.52. The monoisotopic (exact) mass is 400 g/mol. The van der Waals surface area contributed by atoms with Crippen LogP contribution in [0.2, 0.25) is 0 Å². The predicted molar refractivity (Wildman–Crippen MR) is 119 cm³/mol. The highest BCUT2D eigenvalue weighted by molar-refractivity contribution is 5.55. The van der Waals surface area contributed by atoms with Crippen molar-refractivity contribution >= 4 is 0 Å². The van der Waals surface area contributed by atoms with Crippen molar-refractivity contribution < 1.29 is 19.7 Å². The van der Waals surface area contributed by atoms with E-state index >= 15 is 0 Å². The lowest BCUT2D eigenvalue weighted by Gasteiger charge is -2.25. The zero-order valence-electron chi connectivity index (χ0n) is 19.1. The Morgan fingerprint density at radius 2 is 1.00 bits per heavy atom. The van der Waals surface area contributed by atoms with E-state index in [-0.39, 0.29) is 22.3 Å². The highest BCUT2D eigenvalue weighted by Gasteiger charge is 2.25. The van der Waals surface area contributed by atoms with Gasteiger partial charge in [0.05, 0.1) is 13.2 Å². The molecule has 0 aromatic heterocycles. The van der Waals surface area contributed by atoms with Crippen molar-refractivity contribution in [3.63, 3.8) is 0 Å². The van der Waals surface area contributed by atoms with Crippen LogP contribution in [-0.2, 0) is 17.3 Å². The van der Waals surface area contributed by atoms with Crippen molar-refractivity contribution in [2.24, 2.45) is 0 Å². The molecule has 0 heterocycles. The lowest BCUT2D eigenvalue weighted by atomic mass is 9.82. The molecule has 0 radical (unpaired) electrons. The normalized spacial score (nSPS) is 12.1. The van der Waals surface area contributed by atoms with Crippen molar-refractivity contribution in [1.82, 2.24) is 0 Å². The summed E-state index contributed by atoms with van der Waals surface area (Å²) < 4.78 is 11.5. The first-order chi connectivity index (χ1) is 13.4. The second-order valence-electron chi connectivity index (χ2n) is 9.50. The lowest BCUT2D eigenvalue weighted by Crippen LogP contribution is -2.14. The number of hydrogen-bond acceptors (Lipinski definition) is 4. The Balaban J connectivity index is 2.63. The molecule has 29 heavy (non-hydrogen) atoms. The van der Waals surface area contributed by atoms with Crippen molar-refractivity contribution in [2.45, 2.75) is 72.6 Å². The molecule has 0 bridgehead atoms. The fourth-order valence-electron chi connectivity index (χ4n) is 3.45. The van der Waals surface area contributed by atoms with Gasteiger partial charge in [-0.15, -0.1) is 0 Å². The van der Waals surface area contributed by atoms with Crippen molar-refractivity contribution in [1.29, 1.82) is 0 Å². The van der Waals surface area contributed by atoms with Crippen molar-refractivity contribution in [3.8, 4) is 23.0 Å². The summed E-state index contributed by atoms with van der Waals surface area (Å²) in [4.78, 5) is 0. The first-order valence-electron chi connectivity index (χ1n) is 10.4. The third kappa shape index (κ3) is 5.37.